The number of thioether (sulfide) groups is 1. The van der Waals surface area contributed by atoms with Crippen LogP contribution in [0.2, 0.25) is 5.02 Å². The molecule has 0 amide bonds. The van der Waals surface area contributed by atoms with E-state index in [0.29, 0.717) is 45.8 Å². The van der Waals surface area contributed by atoms with E-state index in [1.54, 1.807) is 50.6 Å². The van der Waals surface area contributed by atoms with Crippen molar-refractivity contribution in [1.29, 1.82) is 0 Å². The van der Waals surface area contributed by atoms with Gasteiger partial charge in [-0.15, -0.1) is 5.10 Å². The lowest BCUT2D eigenvalue weighted by atomic mass is 10.2. The molecular formula is C21H20ClN3O5S. The van der Waals surface area contributed by atoms with Gasteiger partial charge in [0.05, 0.1) is 20.8 Å². The summed E-state index contributed by atoms with van der Waals surface area (Å²) >= 11 is 6.98. The van der Waals surface area contributed by atoms with Gasteiger partial charge in [-0.05, 0) is 55.1 Å². The fourth-order valence-electron chi connectivity index (χ4n) is 2.66. The predicted molar refractivity (Wildman–Crippen MR) is 119 cm³/mol. The number of aromatic amines is 1. The van der Waals surface area contributed by atoms with Crippen LogP contribution in [-0.2, 0) is 4.79 Å². The Morgan fingerprint density at radius 3 is 2.52 bits per heavy atom. The van der Waals surface area contributed by atoms with E-state index in [1.165, 1.54) is 6.08 Å². The zero-order chi connectivity index (χ0) is 22.4. The SMILES string of the molecule is CCOc1ccc(Cl)cc1/C=C(\Sc1n[nH]c(-c2cc(OC)cc(OC)c2)n1)C(=O)O. The molecule has 2 N–H and O–H groups in total. The Kier molecular flexibility index (Phi) is 7.43. The van der Waals surface area contributed by atoms with Gasteiger partial charge < -0.3 is 19.3 Å². The maximum absolute atomic E-state index is 11.8. The third kappa shape index (κ3) is 5.71. The third-order valence-electron chi connectivity index (χ3n) is 4.06. The number of carboxylic acid groups (broad SMARTS) is 1. The molecule has 0 fully saturated rings. The van der Waals surface area contributed by atoms with E-state index in [1.807, 2.05) is 6.92 Å². The fraction of sp³-hybridized carbons (Fsp3) is 0.190. The number of benzene rings is 2. The van der Waals surface area contributed by atoms with Crippen molar-refractivity contribution in [3.8, 4) is 28.6 Å². The minimum absolute atomic E-state index is 0.0111. The molecule has 162 valence electrons. The number of rotatable bonds is 9. The third-order valence-corrected chi connectivity index (χ3v) is 5.17. The van der Waals surface area contributed by atoms with Crippen LogP contribution in [-0.4, -0.2) is 47.1 Å². The van der Waals surface area contributed by atoms with Crippen LogP contribution < -0.4 is 14.2 Å². The zero-order valence-corrected chi connectivity index (χ0v) is 18.6. The zero-order valence-electron chi connectivity index (χ0n) is 17.0. The quantitative estimate of drug-likeness (QED) is 0.347. The number of carboxylic acids is 1. The van der Waals surface area contributed by atoms with E-state index in [9.17, 15) is 9.90 Å². The molecule has 0 saturated carbocycles. The van der Waals surface area contributed by atoms with E-state index in [2.05, 4.69) is 15.2 Å². The number of nitrogens with zero attached hydrogens (tertiary/aromatic N) is 2. The summed E-state index contributed by atoms with van der Waals surface area (Å²) in [6.45, 7) is 2.28. The Hall–Kier alpha value is -3.17. The van der Waals surface area contributed by atoms with Crippen molar-refractivity contribution in [2.24, 2.45) is 0 Å². The molecule has 0 bridgehead atoms. The first-order valence-electron chi connectivity index (χ1n) is 9.14. The van der Waals surface area contributed by atoms with E-state index in [0.717, 1.165) is 11.8 Å². The lowest BCUT2D eigenvalue weighted by Crippen LogP contribution is -1.99. The van der Waals surface area contributed by atoms with Gasteiger partial charge in [-0.3, -0.25) is 5.10 Å². The topological polar surface area (TPSA) is 107 Å². The Morgan fingerprint density at radius 2 is 1.90 bits per heavy atom. The van der Waals surface area contributed by atoms with Crippen molar-refractivity contribution in [3.05, 3.63) is 51.9 Å². The molecule has 0 aliphatic rings. The van der Waals surface area contributed by atoms with E-state index in [-0.39, 0.29) is 10.1 Å². The molecule has 8 nitrogen and oxygen atoms in total. The van der Waals surface area contributed by atoms with Crippen LogP contribution in [0.1, 0.15) is 12.5 Å². The molecule has 3 aromatic rings. The van der Waals surface area contributed by atoms with Crippen molar-refractivity contribution < 1.29 is 24.1 Å². The Balaban J connectivity index is 1.91. The first-order chi connectivity index (χ1) is 14.9. The van der Waals surface area contributed by atoms with Gasteiger partial charge in [0.15, 0.2) is 5.82 Å². The molecule has 0 radical (unpaired) electrons. The molecular weight excluding hydrogens is 442 g/mol. The van der Waals surface area contributed by atoms with Gasteiger partial charge >= 0.3 is 5.97 Å². The van der Waals surface area contributed by atoms with Crippen LogP contribution in [0.5, 0.6) is 17.2 Å². The highest BCUT2D eigenvalue weighted by Gasteiger charge is 2.16. The second-order valence-corrected chi connectivity index (χ2v) is 7.54. The van der Waals surface area contributed by atoms with E-state index >= 15 is 0 Å². The molecule has 3 rings (SSSR count). The molecule has 0 spiro atoms. The smallest absolute Gasteiger partial charge is 0.342 e. The highest BCUT2D eigenvalue weighted by molar-refractivity contribution is 8.04. The number of hydrogen-bond donors (Lipinski definition) is 2. The normalized spacial score (nSPS) is 11.3. The van der Waals surface area contributed by atoms with E-state index in [4.69, 9.17) is 25.8 Å². The molecule has 0 unspecified atom stereocenters. The number of halogens is 1. The molecule has 2 aromatic carbocycles. The fourth-order valence-corrected chi connectivity index (χ4v) is 3.54. The summed E-state index contributed by atoms with van der Waals surface area (Å²) in [7, 11) is 3.10. The summed E-state index contributed by atoms with van der Waals surface area (Å²) in [6.07, 6.45) is 1.48. The number of hydrogen-bond acceptors (Lipinski definition) is 7. The largest absolute Gasteiger partial charge is 0.497 e. The number of carbonyl (C=O) groups is 1. The van der Waals surface area contributed by atoms with Crippen molar-refractivity contribution in [2.75, 3.05) is 20.8 Å². The molecule has 0 atom stereocenters. The number of nitrogens with one attached hydrogen (secondary N) is 1. The van der Waals surface area contributed by atoms with Crippen LogP contribution in [0.3, 0.4) is 0 Å². The van der Waals surface area contributed by atoms with Crippen LogP contribution in [0.4, 0.5) is 0 Å². The van der Waals surface area contributed by atoms with Gasteiger partial charge in [0.2, 0.25) is 5.16 Å². The van der Waals surface area contributed by atoms with Crippen LogP contribution in [0, 0.1) is 0 Å². The van der Waals surface area contributed by atoms with Crippen LogP contribution in [0.15, 0.2) is 46.5 Å². The number of H-pyrrole nitrogens is 1. The van der Waals surface area contributed by atoms with Crippen LogP contribution >= 0.6 is 23.4 Å². The summed E-state index contributed by atoms with van der Waals surface area (Å²) in [6, 6.07) is 10.3. The second kappa shape index (κ2) is 10.2. The maximum Gasteiger partial charge on any atom is 0.342 e. The van der Waals surface area contributed by atoms with Gasteiger partial charge in [0, 0.05) is 22.2 Å². The lowest BCUT2D eigenvalue weighted by molar-refractivity contribution is -0.131. The first-order valence-corrected chi connectivity index (χ1v) is 10.3. The summed E-state index contributed by atoms with van der Waals surface area (Å²) in [4.78, 5) is 16.3. The van der Waals surface area contributed by atoms with Crippen molar-refractivity contribution in [3.63, 3.8) is 0 Å². The number of ether oxygens (including phenoxy) is 3. The van der Waals surface area contributed by atoms with Crippen molar-refractivity contribution in [2.45, 2.75) is 12.1 Å². The second-order valence-electron chi connectivity index (χ2n) is 6.10. The van der Waals surface area contributed by atoms with Gasteiger partial charge in [0.1, 0.15) is 22.2 Å². The minimum Gasteiger partial charge on any atom is -0.497 e. The molecule has 31 heavy (non-hydrogen) atoms. The number of aromatic nitrogens is 3. The highest BCUT2D eigenvalue weighted by Crippen LogP contribution is 2.33. The molecule has 1 heterocycles. The maximum atomic E-state index is 11.8. The summed E-state index contributed by atoms with van der Waals surface area (Å²) < 4.78 is 16.1. The van der Waals surface area contributed by atoms with Crippen LogP contribution in [0.25, 0.3) is 17.5 Å². The first kappa shape index (κ1) is 22.5. The summed E-state index contributed by atoms with van der Waals surface area (Å²) in [5.41, 5.74) is 1.23. The summed E-state index contributed by atoms with van der Waals surface area (Å²) in [5, 5.41) is 17.3. The number of aliphatic carboxylic acids is 1. The molecule has 0 aliphatic heterocycles. The molecule has 0 aliphatic carbocycles. The summed E-state index contributed by atoms with van der Waals surface area (Å²) in [5.74, 6) is 1.04. The average molecular weight is 462 g/mol. The molecule has 0 saturated heterocycles. The van der Waals surface area contributed by atoms with Crippen molar-refractivity contribution >= 4 is 35.4 Å². The Morgan fingerprint density at radius 1 is 1.19 bits per heavy atom. The Bertz CT molecular complexity index is 1090. The molecule has 10 heteroatoms. The highest BCUT2D eigenvalue weighted by atomic mass is 35.5. The predicted octanol–water partition coefficient (Wildman–Crippen LogP) is 4.76. The van der Waals surface area contributed by atoms with Gasteiger partial charge in [0.25, 0.3) is 0 Å². The van der Waals surface area contributed by atoms with Crippen molar-refractivity contribution in [1.82, 2.24) is 15.2 Å². The average Bonchev–Trinajstić information content (AvgIpc) is 3.23. The standard InChI is InChI=1S/C21H20ClN3O5S/c1-4-30-17-6-5-14(22)7-12(17)10-18(20(26)27)31-21-23-19(24-25-21)13-8-15(28-2)11-16(9-13)29-3/h5-11H,4H2,1-3H3,(H,26,27)(H,23,24,25)/b18-10-. The van der Waals surface area contributed by atoms with Gasteiger partial charge in [-0.2, -0.15) is 0 Å². The van der Waals surface area contributed by atoms with Gasteiger partial charge in [-0.25, -0.2) is 9.78 Å². The lowest BCUT2D eigenvalue weighted by Gasteiger charge is -2.08. The van der Waals surface area contributed by atoms with Gasteiger partial charge in [-0.1, -0.05) is 11.6 Å². The Labute approximate surface area is 188 Å². The molecule has 1 aromatic heterocycles. The number of methoxy groups -OCH3 is 2. The van der Waals surface area contributed by atoms with E-state index < -0.39 is 5.97 Å². The minimum atomic E-state index is -1.12. The monoisotopic (exact) mass is 461 g/mol.